The first-order chi connectivity index (χ1) is 9.15. The summed E-state index contributed by atoms with van der Waals surface area (Å²) in [6, 6.07) is 10.2. The second kappa shape index (κ2) is 6.05. The minimum Gasteiger partial charge on any atom is -0.453 e. The van der Waals surface area contributed by atoms with E-state index in [0.717, 1.165) is 30.4 Å². The number of rotatable bonds is 5. The third-order valence-corrected chi connectivity index (χ3v) is 3.57. The fraction of sp³-hybridized carbons (Fsp3) is 0.471. The van der Waals surface area contributed by atoms with Crippen LogP contribution in [0.15, 0.2) is 35.9 Å². The van der Waals surface area contributed by atoms with Crippen LogP contribution in [0.1, 0.15) is 45.6 Å². The van der Waals surface area contributed by atoms with Gasteiger partial charge in [-0.25, -0.2) is 4.79 Å². The first kappa shape index (κ1) is 13.9. The summed E-state index contributed by atoms with van der Waals surface area (Å²) in [5.41, 5.74) is 3.24. The summed E-state index contributed by atoms with van der Waals surface area (Å²) in [7, 11) is 0. The van der Waals surface area contributed by atoms with E-state index < -0.39 is 0 Å². The SMILES string of the molecule is CCCC/C(=C1/C(=O)OC1C(C)C)c1ccccc1. The number of hydrogen-bond acceptors (Lipinski definition) is 2. The number of unbranched alkanes of at least 4 members (excludes halogenated alkanes) is 1. The molecule has 0 amide bonds. The highest BCUT2D eigenvalue weighted by atomic mass is 16.6. The molecule has 102 valence electrons. The molecule has 1 aromatic rings. The zero-order valence-corrected chi connectivity index (χ0v) is 12.0. The maximum atomic E-state index is 11.8. The number of esters is 1. The molecule has 0 spiro atoms. The molecule has 1 aliphatic heterocycles. The van der Waals surface area contributed by atoms with Crippen molar-refractivity contribution >= 4 is 11.5 Å². The van der Waals surface area contributed by atoms with Crippen molar-refractivity contribution in [3.05, 3.63) is 41.5 Å². The minimum atomic E-state index is -0.131. The predicted molar refractivity (Wildman–Crippen MR) is 77.6 cm³/mol. The Morgan fingerprint density at radius 2 is 1.95 bits per heavy atom. The maximum absolute atomic E-state index is 11.8. The summed E-state index contributed by atoms with van der Waals surface area (Å²) < 4.78 is 5.30. The van der Waals surface area contributed by atoms with Crippen LogP contribution < -0.4 is 0 Å². The van der Waals surface area contributed by atoms with Gasteiger partial charge < -0.3 is 4.74 Å². The maximum Gasteiger partial charge on any atom is 0.338 e. The standard InChI is InChI=1S/C17H22O2/c1-4-5-11-14(13-9-7-6-8-10-13)15-16(12(2)3)19-17(15)18/h6-10,12,16H,4-5,11H2,1-3H3/b15-14-. The topological polar surface area (TPSA) is 26.3 Å². The smallest absolute Gasteiger partial charge is 0.338 e. The normalized spacial score (nSPS) is 21.1. The molecular weight excluding hydrogens is 236 g/mol. The van der Waals surface area contributed by atoms with Crippen molar-refractivity contribution in [2.45, 2.75) is 46.1 Å². The van der Waals surface area contributed by atoms with E-state index in [1.165, 1.54) is 5.57 Å². The molecule has 0 bridgehead atoms. The highest BCUT2D eigenvalue weighted by Crippen LogP contribution is 2.36. The first-order valence-corrected chi connectivity index (χ1v) is 7.14. The zero-order valence-electron chi connectivity index (χ0n) is 12.0. The van der Waals surface area contributed by atoms with Gasteiger partial charge in [0.15, 0.2) is 0 Å². The number of carbonyl (C=O) groups is 1. The van der Waals surface area contributed by atoms with Gasteiger partial charge in [0.25, 0.3) is 0 Å². The molecule has 0 radical (unpaired) electrons. The molecule has 0 saturated carbocycles. The van der Waals surface area contributed by atoms with Crippen molar-refractivity contribution in [3.63, 3.8) is 0 Å². The van der Waals surface area contributed by atoms with Crippen LogP contribution in [-0.2, 0) is 9.53 Å². The monoisotopic (exact) mass is 258 g/mol. The highest BCUT2D eigenvalue weighted by molar-refractivity contribution is 6.03. The molecule has 1 fully saturated rings. The van der Waals surface area contributed by atoms with E-state index in [-0.39, 0.29) is 12.1 Å². The third kappa shape index (κ3) is 2.89. The molecule has 0 N–H and O–H groups in total. The van der Waals surface area contributed by atoms with Crippen LogP contribution in [0, 0.1) is 5.92 Å². The summed E-state index contributed by atoms with van der Waals surface area (Å²) in [5.74, 6) is 0.210. The molecule has 2 rings (SSSR count). The number of benzene rings is 1. The molecule has 1 saturated heterocycles. The van der Waals surface area contributed by atoms with Gasteiger partial charge in [0.05, 0.1) is 5.57 Å². The van der Waals surface area contributed by atoms with E-state index in [1.54, 1.807) is 0 Å². The Bertz CT molecular complexity index is 471. The van der Waals surface area contributed by atoms with Gasteiger partial charge in [-0.1, -0.05) is 57.5 Å². The average molecular weight is 258 g/mol. The fourth-order valence-electron chi connectivity index (χ4n) is 2.49. The lowest BCUT2D eigenvalue weighted by molar-refractivity contribution is -0.158. The van der Waals surface area contributed by atoms with Gasteiger partial charge in [-0.3, -0.25) is 0 Å². The molecule has 1 aliphatic rings. The summed E-state index contributed by atoms with van der Waals surface area (Å²) >= 11 is 0. The number of hydrogen-bond donors (Lipinski definition) is 0. The van der Waals surface area contributed by atoms with E-state index in [1.807, 2.05) is 18.2 Å². The van der Waals surface area contributed by atoms with Crippen molar-refractivity contribution in [1.82, 2.24) is 0 Å². The Labute approximate surface area is 115 Å². The lowest BCUT2D eigenvalue weighted by Crippen LogP contribution is -2.41. The van der Waals surface area contributed by atoms with E-state index in [0.29, 0.717) is 5.92 Å². The largest absolute Gasteiger partial charge is 0.453 e. The van der Waals surface area contributed by atoms with Crippen molar-refractivity contribution in [3.8, 4) is 0 Å². The van der Waals surface area contributed by atoms with Crippen LogP contribution in [0.3, 0.4) is 0 Å². The Morgan fingerprint density at radius 1 is 1.26 bits per heavy atom. The van der Waals surface area contributed by atoms with Crippen LogP contribution >= 0.6 is 0 Å². The number of cyclic esters (lactones) is 1. The van der Waals surface area contributed by atoms with Gasteiger partial charge in [0.1, 0.15) is 6.10 Å². The van der Waals surface area contributed by atoms with Crippen molar-refractivity contribution < 1.29 is 9.53 Å². The number of allylic oxidation sites excluding steroid dienone is 1. The van der Waals surface area contributed by atoms with Gasteiger partial charge in [0, 0.05) is 0 Å². The molecule has 2 nitrogen and oxygen atoms in total. The summed E-state index contributed by atoms with van der Waals surface area (Å²) in [6.45, 7) is 6.37. The Balaban J connectivity index is 2.39. The quantitative estimate of drug-likeness (QED) is 0.584. The fourth-order valence-corrected chi connectivity index (χ4v) is 2.49. The lowest BCUT2D eigenvalue weighted by atomic mass is 9.85. The molecule has 1 atom stereocenters. The molecule has 1 aromatic carbocycles. The van der Waals surface area contributed by atoms with Gasteiger partial charge in [0.2, 0.25) is 0 Å². The van der Waals surface area contributed by atoms with E-state index in [2.05, 4.69) is 32.9 Å². The Kier molecular flexibility index (Phi) is 4.41. The average Bonchev–Trinajstić information content (AvgIpc) is 2.41. The predicted octanol–water partition coefficient (Wildman–Crippen LogP) is 4.21. The van der Waals surface area contributed by atoms with Crippen LogP contribution in [0.2, 0.25) is 0 Å². The van der Waals surface area contributed by atoms with Crippen LogP contribution in [0.4, 0.5) is 0 Å². The second-order valence-corrected chi connectivity index (χ2v) is 5.43. The molecule has 1 heterocycles. The van der Waals surface area contributed by atoms with Crippen molar-refractivity contribution in [2.24, 2.45) is 5.92 Å². The zero-order chi connectivity index (χ0) is 13.8. The molecule has 19 heavy (non-hydrogen) atoms. The molecular formula is C17H22O2. The van der Waals surface area contributed by atoms with Gasteiger partial charge >= 0.3 is 5.97 Å². The van der Waals surface area contributed by atoms with Crippen LogP contribution in [0.25, 0.3) is 5.57 Å². The van der Waals surface area contributed by atoms with E-state index in [9.17, 15) is 4.79 Å². The van der Waals surface area contributed by atoms with E-state index >= 15 is 0 Å². The molecule has 0 aromatic heterocycles. The van der Waals surface area contributed by atoms with Crippen LogP contribution in [-0.4, -0.2) is 12.1 Å². The lowest BCUT2D eigenvalue weighted by Gasteiger charge is -2.34. The molecule has 0 aliphatic carbocycles. The van der Waals surface area contributed by atoms with Crippen molar-refractivity contribution in [1.29, 1.82) is 0 Å². The summed E-state index contributed by atoms with van der Waals surface area (Å²) in [6.07, 6.45) is 3.16. The van der Waals surface area contributed by atoms with Gasteiger partial charge in [-0.2, -0.15) is 0 Å². The highest BCUT2D eigenvalue weighted by Gasteiger charge is 2.40. The first-order valence-electron chi connectivity index (χ1n) is 7.14. The summed E-state index contributed by atoms with van der Waals surface area (Å²) in [4.78, 5) is 11.8. The second-order valence-electron chi connectivity index (χ2n) is 5.43. The Hall–Kier alpha value is -1.57. The molecule has 1 unspecified atom stereocenters. The van der Waals surface area contributed by atoms with Crippen molar-refractivity contribution in [2.75, 3.05) is 0 Å². The molecule has 2 heteroatoms. The minimum absolute atomic E-state index is 0.0282. The number of carbonyl (C=O) groups excluding carboxylic acids is 1. The van der Waals surface area contributed by atoms with Gasteiger partial charge in [-0.05, 0) is 29.9 Å². The Morgan fingerprint density at radius 3 is 2.47 bits per heavy atom. The number of ether oxygens (including phenoxy) is 1. The van der Waals surface area contributed by atoms with Crippen LogP contribution in [0.5, 0.6) is 0 Å². The summed E-state index contributed by atoms with van der Waals surface area (Å²) in [5, 5.41) is 0. The van der Waals surface area contributed by atoms with Gasteiger partial charge in [-0.15, -0.1) is 0 Å². The third-order valence-electron chi connectivity index (χ3n) is 3.57. The van der Waals surface area contributed by atoms with E-state index in [4.69, 9.17) is 4.74 Å².